The number of carbonyl (C=O) groups excluding carboxylic acids is 1. The van der Waals surface area contributed by atoms with Gasteiger partial charge in [0.15, 0.2) is 5.96 Å². The molecule has 0 saturated carbocycles. The number of hydrogen-bond acceptors (Lipinski definition) is 4. The number of ether oxygens (including phenoxy) is 2. The molecule has 0 bridgehead atoms. The van der Waals surface area contributed by atoms with Gasteiger partial charge < -0.3 is 25.4 Å². The summed E-state index contributed by atoms with van der Waals surface area (Å²) in [6, 6.07) is 0. The Morgan fingerprint density at radius 2 is 2.00 bits per heavy atom. The summed E-state index contributed by atoms with van der Waals surface area (Å²) in [5.41, 5.74) is -0.524. The Kier molecular flexibility index (Phi) is 10.5. The highest BCUT2D eigenvalue weighted by Crippen LogP contribution is 2.15. The average molecular weight is 357 g/mol. The van der Waals surface area contributed by atoms with Crippen LogP contribution in [0.4, 0.5) is 0 Å². The predicted octanol–water partition coefficient (Wildman–Crippen LogP) is 1.15. The Morgan fingerprint density at radius 3 is 2.64 bits per heavy atom. The molecule has 1 rings (SSSR count). The predicted molar refractivity (Wildman–Crippen MR) is 101 cm³/mol. The molecule has 0 atom stereocenters. The van der Waals surface area contributed by atoms with E-state index in [-0.39, 0.29) is 5.91 Å². The van der Waals surface area contributed by atoms with E-state index >= 15 is 0 Å². The number of nitrogens with one attached hydrogen (secondary N) is 3. The van der Waals surface area contributed by atoms with Gasteiger partial charge in [-0.1, -0.05) is 0 Å². The van der Waals surface area contributed by atoms with Crippen molar-refractivity contribution in [3.63, 3.8) is 0 Å². The average Bonchev–Trinajstić information content (AvgIpc) is 2.62. The second-order valence-electron chi connectivity index (χ2n) is 7.07. The third-order valence-electron chi connectivity index (χ3n) is 4.27. The van der Waals surface area contributed by atoms with Crippen molar-refractivity contribution in [2.75, 3.05) is 53.1 Å². The normalized spacial score (nSPS) is 16.6. The van der Waals surface area contributed by atoms with E-state index in [1.165, 1.54) is 0 Å². The molecule has 7 nitrogen and oxygen atoms in total. The van der Waals surface area contributed by atoms with Crippen molar-refractivity contribution in [3.05, 3.63) is 0 Å². The standard InChI is InChI=1S/C18H36N4O3/c1-5-20-17(22-14-18(2,3)16(23)19-4)21-9-6-10-25-13-15-7-11-24-12-8-15/h15H,5-14H2,1-4H3,(H,19,23)(H2,20,21,22). The quantitative estimate of drug-likeness (QED) is 0.311. The van der Waals surface area contributed by atoms with Crippen molar-refractivity contribution in [3.8, 4) is 0 Å². The first-order valence-corrected chi connectivity index (χ1v) is 9.39. The van der Waals surface area contributed by atoms with Gasteiger partial charge in [0.05, 0.1) is 12.0 Å². The van der Waals surface area contributed by atoms with Crippen LogP contribution in [0.3, 0.4) is 0 Å². The minimum absolute atomic E-state index is 0.00592. The number of rotatable bonds is 10. The highest BCUT2D eigenvalue weighted by atomic mass is 16.5. The minimum atomic E-state index is -0.524. The molecule has 7 heteroatoms. The molecule has 1 fully saturated rings. The lowest BCUT2D eigenvalue weighted by atomic mass is 9.93. The monoisotopic (exact) mass is 356 g/mol. The lowest BCUT2D eigenvalue weighted by molar-refractivity contribution is -0.128. The van der Waals surface area contributed by atoms with Crippen LogP contribution < -0.4 is 16.0 Å². The fourth-order valence-electron chi connectivity index (χ4n) is 2.57. The molecule has 0 aliphatic carbocycles. The number of aliphatic imine (C=N–C) groups is 1. The van der Waals surface area contributed by atoms with Gasteiger partial charge in [-0.3, -0.25) is 9.79 Å². The highest BCUT2D eigenvalue weighted by Gasteiger charge is 2.26. The maximum Gasteiger partial charge on any atom is 0.227 e. The zero-order valence-corrected chi connectivity index (χ0v) is 16.3. The molecule has 1 amide bonds. The van der Waals surface area contributed by atoms with E-state index in [9.17, 15) is 4.79 Å². The fraction of sp³-hybridized carbons (Fsp3) is 0.889. The number of amides is 1. The van der Waals surface area contributed by atoms with Gasteiger partial charge in [0.1, 0.15) is 0 Å². The molecule has 1 aliphatic rings. The van der Waals surface area contributed by atoms with E-state index in [0.717, 1.165) is 64.7 Å². The molecule has 0 aromatic carbocycles. The van der Waals surface area contributed by atoms with Crippen LogP contribution in [0.25, 0.3) is 0 Å². The van der Waals surface area contributed by atoms with Crippen LogP contribution in [-0.4, -0.2) is 65.0 Å². The van der Waals surface area contributed by atoms with Gasteiger partial charge >= 0.3 is 0 Å². The summed E-state index contributed by atoms with van der Waals surface area (Å²) in [5.74, 6) is 1.38. The summed E-state index contributed by atoms with van der Waals surface area (Å²) in [6.07, 6.45) is 3.14. The molecule has 0 aromatic rings. The topological polar surface area (TPSA) is 84.0 Å². The van der Waals surface area contributed by atoms with Crippen molar-refractivity contribution < 1.29 is 14.3 Å². The Balaban J connectivity index is 2.23. The molecule has 3 N–H and O–H groups in total. The second-order valence-corrected chi connectivity index (χ2v) is 7.07. The minimum Gasteiger partial charge on any atom is -0.381 e. The van der Waals surface area contributed by atoms with Crippen LogP contribution in [0.15, 0.2) is 4.99 Å². The third-order valence-corrected chi connectivity index (χ3v) is 4.27. The summed E-state index contributed by atoms with van der Waals surface area (Å²) >= 11 is 0. The van der Waals surface area contributed by atoms with Gasteiger partial charge in [0.25, 0.3) is 0 Å². The van der Waals surface area contributed by atoms with E-state index < -0.39 is 5.41 Å². The maximum absolute atomic E-state index is 11.8. The van der Waals surface area contributed by atoms with Gasteiger partial charge in [0.2, 0.25) is 5.91 Å². The Bertz CT molecular complexity index is 407. The highest BCUT2D eigenvalue weighted by molar-refractivity contribution is 5.83. The van der Waals surface area contributed by atoms with Gasteiger partial charge in [-0.25, -0.2) is 0 Å². The van der Waals surface area contributed by atoms with Crippen LogP contribution in [0.5, 0.6) is 0 Å². The molecule has 0 spiro atoms. The van der Waals surface area contributed by atoms with Crippen molar-refractivity contribution in [2.45, 2.75) is 40.0 Å². The molecule has 0 unspecified atom stereocenters. The van der Waals surface area contributed by atoms with Crippen molar-refractivity contribution in [1.29, 1.82) is 0 Å². The third kappa shape index (κ3) is 9.07. The summed E-state index contributed by atoms with van der Waals surface area (Å²) in [5, 5.41) is 9.18. The van der Waals surface area contributed by atoms with Crippen LogP contribution in [0.2, 0.25) is 0 Å². The van der Waals surface area contributed by atoms with Crippen molar-refractivity contribution >= 4 is 11.9 Å². The van der Waals surface area contributed by atoms with Gasteiger partial charge in [0, 0.05) is 46.6 Å². The summed E-state index contributed by atoms with van der Waals surface area (Å²) < 4.78 is 11.1. The molecule has 146 valence electrons. The van der Waals surface area contributed by atoms with E-state index in [0.29, 0.717) is 12.5 Å². The van der Waals surface area contributed by atoms with Crippen molar-refractivity contribution in [2.24, 2.45) is 16.3 Å². The molecule has 25 heavy (non-hydrogen) atoms. The lowest BCUT2D eigenvalue weighted by Gasteiger charge is -2.22. The number of guanidine groups is 1. The molecular weight excluding hydrogens is 320 g/mol. The molecular formula is C18H36N4O3. The lowest BCUT2D eigenvalue weighted by Crippen LogP contribution is -2.41. The van der Waals surface area contributed by atoms with Crippen LogP contribution in [-0.2, 0) is 14.3 Å². The zero-order chi connectivity index (χ0) is 18.5. The van der Waals surface area contributed by atoms with E-state index in [4.69, 9.17) is 9.47 Å². The summed E-state index contributed by atoms with van der Waals surface area (Å²) in [6.45, 7) is 11.1. The first-order valence-electron chi connectivity index (χ1n) is 9.39. The number of nitrogens with zero attached hydrogens (tertiary/aromatic N) is 1. The number of hydrogen-bond donors (Lipinski definition) is 3. The van der Waals surface area contributed by atoms with Crippen molar-refractivity contribution in [1.82, 2.24) is 16.0 Å². The Morgan fingerprint density at radius 1 is 1.28 bits per heavy atom. The van der Waals surface area contributed by atoms with Gasteiger partial charge in [-0.15, -0.1) is 0 Å². The molecule has 0 aromatic heterocycles. The first kappa shape index (κ1) is 21.7. The smallest absolute Gasteiger partial charge is 0.227 e. The summed E-state index contributed by atoms with van der Waals surface area (Å²) in [7, 11) is 1.65. The Labute approximate surface area is 152 Å². The fourth-order valence-corrected chi connectivity index (χ4v) is 2.57. The second kappa shape index (κ2) is 12.1. The maximum atomic E-state index is 11.8. The van der Waals surface area contributed by atoms with E-state index in [1.807, 2.05) is 20.8 Å². The van der Waals surface area contributed by atoms with Crippen LogP contribution in [0, 0.1) is 11.3 Å². The van der Waals surface area contributed by atoms with Gasteiger partial charge in [-0.05, 0) is 46.0 Å². The van der Waals surface area contributed by atoms with E-state index in [1.54, 1.807) is 7.05 Å². The Hall–Kier alpha value is -1.34. The molecule has 1 heterocycles. The molecule has 1 saturated heterocycles. The SMILES string of the molecule is CCNC(=NCC(C)(C)C(=O)NC)NCCCOCC1CCOCC1. The van der Waals surface area contributed by atoms with E-state index in [2.05, 4.69) is 20.9 Å². The summed E-state index contributed by atoms with van der Waals surface area (Å²) in [4.78, 5) is 16.3. The number of carbonyl (C=O) groups is 1. The van der Waals surface area contributed by atoms with Crippen LogP contribution in [0.1, 0.15) is 40.0 Å². The molecule has 1 aliphatic heterocycles. The van der Waals surface area contributed by atoms with Gasteiger partial charge in [-0.2, -0.15) is 0 Å². The van der Waals surface area contributed by atoms with Crippen LogP contribution >= 0.6 is 0 Å². The first-order chi connectivity index (χ1) is 12.0. The molecule has 0 radical (unpaired) electrons. The largest absolute Gasteiger partial charge is 0.381 e. The zero-order valence-electron chi connectivity index (χ0n) is 16.3.